The smallest absolute Gasteiger partial charge is 0.0731 e. The second-order valence-corrected chi connectivity index (χ2v) is 7.15. The zero-order valence-electron chi connectivity index (χ0n) is 10.1. The van der Waals surface area contributed by atoms with Gasteiger partial charge < -0.3 is 5.32 Å². The van der Waals surface area contributed by atoms with Crippen LogP contribution in [0.15, 0.2) is 9.85 Å². The van der Waals surface area contributed by atoms with E-state index >= 15 is 0 Å². The van der Waals surface area contributed by atoms with E-state index in [1.165, 1.54) is 39.9 Å². The lowest BCUT2D eigenvalue weighted by Crippen LogP contribution is -2.25. The molecule has 1 atom stereocenters. The molecular formula is C13H20BrNS. The van der Waals surface area contributed by atoms with Gasteiger partial charge in [-0.3, -0.25) is 0 Å². The van der Waals surface area contributed by atoms with E-state index < -0.39 is 0 Å². The predicted octanol–water partition coefficient (Wildman–Crippen LogP) is 4.66. The Morgan fingerprint density at radius 3 is 2.75 bits per heavy atom. The maximum Gasteiger partial charge on any atom is 0.0731 e. The van der Waals surface area contributed by atoms with Crippen LogP contribution in [0.25, 0.3) is 0 Å². The number of rotatable bonds is 5. The summed E-state index contributed by atoms with van der Waals surface area (Å²) >= 11 is 5.52. The summed E-state index contributed by atoms with van der Waals surface area (Å²) in [6.07, 6.45) is 5.64. The topological polar surface area (TPSA) is 12.0 Å². The van der Waals surface area contributed by atoms with E-state index in [2.05, 4.69) is 41.2 Å². The minimum absolute atomic E-state index is 0.574. The van der Waals surface area contributed by atoms with Crippen LogP contribution in [-0.4, -0.2) is 6.54 Å². The molecule has 1 fully saturated rings. The molecule has 1 aliphatic carbocycles. The van der Waals surface area contributed by atoms with Crippen molar-refractivity contribution in [2.75, 3.05) is 6.54 Å². The largest absolute Gasteiger partial charge is 0.310 e. The molecule has 1 aromatic rings. The summed E-state index contributed by atoms with van der Waals surface area (Å²) in [5.74, 6) is 0.963. The molecular weight excluding hydrogens is 282 g/mol. The quantitative estimate of drug-likeness (QED) is 0.834. The zero-order valence-corrected chi connectivity index (χ0v) is 12.5. The van der Waals surface area contributed by atoms with Crippen LogP contribution in [0.1, 0.15) is 49.1 Å². The van der Waals surface area contributed by atoms with E-state index in [1.54, 1.807) is 0 Å². The van der Waals surface area contributed by atoms with Crippen molar-refractivity contribution in [3.8, 4) is 0 Å². The van der Waals surface area contributed by atoms with E-state index in [1.807, 2.05) is 11.3 Å². The van der Waals surface area contributed by atoms with Crippen LogP contribution in [0.5, 0.6) is 0 Å². The third-order valence-corrected chi connectivity index (χ3v) is 5.71. The number of hydrogen-bond donors (Lipinski definition) is 1. The maximum atomic E-state index is 3.63. The van der Waals surface area contributed by atoms with E-state index in [0.29, 0.717) is 6.04 Å². The molecule has 0 spiro atoms. The van der Waals surface area contributed by atoms with Gasteiger partial charge in [-0.25, -0.2) is 0 Å². The molecule has 1 aliphatic rings. The highest BCUT2D eigenvalue weighted by Gasteiger charge is 2.23. The van der Waals surface area contributed by atoms with Gasteiger partial charge in [-0.05, 0) is 53.4 Å². The maximum absolute atomic E-state index is 3.63. The van der Waals surface area contributed by atoms with Crippen molar-refractivity contribution in [2.24, 2.45) is 5.92 Å². The predicted molar refractivity (Wildman–Crippen MR) is 75.1 cm³/mol. The first-order valence-corrected chi connectivity index (χ1v) is 7.81. The van der Waals surface area contributed by atoms with Gasteiger partial charge in [-0.2, -0.15) is 0 Å². The number of halogens is 1. The first-order chi connectivity index (χ1) is 7.70. The van der Waals surface area contributed by atoms with E-state index in [9.17, 15) is 0 Å². The molecule has 0 amide bonds. The van der Waals surface area contributed by atoms with Gasteiger partial charge in [0, 0.05) is 10.9 Å². The molecule has 1 saturated carbocycles. The molecule has 0 radical (unpaired) electrons. The Labute approximate surface area is 111 Å². The highest BCUT2D eigenvalue weighted by Crippen LogP contribution is 2.38. The van der Waals surface area contributed by atoms with Crippen LogP contribution in [0.2, 0.25) is 0 Å². The number of hydrogen-bond acceptors (Lipinski definition) is 2. The Balaban J connectivity index is 2.04. The zero-order chi connectivity index (χ0) is 11.5. The molecule has 1 nitrogen and oxygen atoms in total. The number of aryl methyl sites for hydroxylation is 1. The highest BCUT2D eigenvalue weighted by molar-refractivity contribution is 9.11. The van der Waals surface area contributed by atoms with Gasteiger partial charge in [0.2, 0.25) is 0 Å². The van der Waals surface area contributed by atoms with Crippen LogP contribution >= 0.6 is 27.3 Å². The second kappa shape index (κ2) is 5.65. The molecule has 0 bridgehead atoms. The molecule has 1 unspecified atom stereocenters. The monoisotopic (exact) mass is 301 g/mol. The summed E-state index contributed by atoms with van der Waals surface area (Å²) in [5, 5.41) is 3.63. The summed E-state index contributed by atoms with van der Waals surface area (Å²) in [7, 11) is 0. The average molecular weight is 302 g/mol. The average Bonchev–Trinajstić information content (AvgIpc) is 2.51. The Kier molecular flexibility index (Phi) is 4.45. The Morgan fingerprint density at radius 2 is 2.31 bits per heavy atom. The Hall–Kier alpha value is 0.140. The van der Waals surface area contributed by atoms with Gasteiger partial charge >= 0.3 is 0 Å². The highest BCUT2D eigenvalue weighted by atomic mass is 79.9. The number of thiophene rings is 1. The van der Waals surface area contributed by atoms with Crippen LogP contribution in [0.4, 0.5) is 0 Å². The normalized spacial score (nSPS) is 18.4. The first kappa shape index (κ1) is 12.6. The van der Waals surface area contributed by atoms with Gasteiger partial charge in [0.1, 0.15) is 0 Å². The third-order valence-electron chi connectivity index (χ3n) is 3.46. The van der Waals surface area contributed by atoms with Crippen LogP contribution in [0, 0.1) is 12.8 Å². The van der Waals surface area contributed by atoms with Crippen molar-refractivity contribution in [3.05, 3.63) is 20.3 Å². The molecule has 3 heteroatoms. The van der Waals surface area contributed by atoms with E-state index in [0.717, 1.165) is 12.5 Å². The first-order valence-electron chi connectivity index (χ1n) is 6.20. The van der Waals surface area contributed by atoms with Crippen LogP contribution in [-0.2, 0) is 0 Å². The molecule has 16 heavy (non-hydrogen) atoms. The summed E-state index contributed by atoms with van der Waals surface area (Å²) in [4.78, 5) is 1.50. The fourth-order valence-corrected chi connectivity index (χ4v) is 3.92. The second-order valence-electron chi connectivity index (χ2n) is 4.75. The SMILES string of the molecule is CCNC(CC1CCC1)c1cc(C)c(Br)s1. The van der Waals surface area contributed by atoms with Crippen LogP contribution < -0.4 is 5.32 Å². The molecule has 1 aromatic heterocycles. The minimum Gasteiger partial charge on any atom is -0.310 e. The summed E-state index contributed by atoms with van der Waals surface area (Å²) in [6, 6.07) is 2.91. The molecule has 0 aromatic carbocycles. The molecule has 1 N–H and O–H groups in total. The van der Waals surface area contributed by atoms with Crippen molar-refractivity contribution in [1.29, 1.82) is 0 Å². The molecule has 0 saturated heterocycles. The lowest BCUT2D eigenvalue weighted by Gasteiger charge is -2.29. The van der Waals surface area contributed by atoms with E-state index in [4.69, 9.17) is 0 Å². The minimum atomic E-state index is 0.574. The van der Waals surface area contributed by atoms with Crippen LogP contribution in [0.3, 0.4) is 0 Å². The van der Waals surface area contributed by atoms with Gasteiger partial charge in [-0.1, -0.05) is 26.2 Å². The molecule has 90 valence electrons. The van der Waals surface area contributed by atoms with Crippen molar-refractivity contribution in [3.63, 3.8) is 0 Å². The standard InChI is InChI=1S/C13H20BrNS/c1-3-15-11(8-10-5-4-6-10)12-7-9(2)13(14)16-12/h7,10-11,15H,3-6,8H2,1-2H3. The summed E-state index contributed by atoms with van der Waals surface area (Å²) in [5.41, 5.74) is 1.37. The molecule has 1 heterocycles. The molecule has 0 aliphatic heterocycles. The summed E-state index contributed by atoms with van der Waals surface area (Å²) < 4.78 is 1.29. The van der Waals surface area contributed by atoms with Crippen molar-refractivity contribution >= 4 is 27.3 Å². The van der Waals surface area contributed by atoms with Crippen molar-refractivity contribution < 1.29 is 0 Å². The summed E-state index contributed by atoms with van der Waals surface area (Å²) in [6.45, 7) is 5.44. The molecule has 2 rings (SSSR count). The number of nitrogens with one attached hydrogen (secondary N) is 1. The fourth-order valence-electron chi connectivity index (χ4n) is 2.26. The lowest BCUT2D eigenvalue weighted by molar-refractivity contribution is 0.264. The van der Waals surface area contributed by atoms with Gasteiger partial charge in [-0.15, -0.1) is 11.3 Å². The van der Waals surface area contributed by atoms with Gasteiger partial charge in [0.25, 0.3) is 0 Å². The van der Waals surface area contributed by atoms with Crippen molar-refractivity contribution in [2.45, 2.75) is 45.6 Å². The van der Waals surface area contributed by atoms with Gasteiger partial charge in [0.15, 0.2) is 0 Å². The van der Waals surface area contributed by atoms with Crippen molar-refractivity contribution in [1.82, 2.24) is 5.32 Å². The lowest BCUT2D eigenvalue weighted by atomic mass is 9.80. The Bertz CT molecular complexity index is 324. The Morgan fingerprint density at radius 1 is 1.56 bits per heavy atom. The van der Waals surface area contributed by atoms with E-state index in [-0.39, 0.29) is 0 Å². The third kappa shape index (κ3) is 2.88. The fraction of sp³-hybridized carbons (Fsp3) is 0.692. The van der Waals surface area contributed by atoms with Gasteiger partial charge in [0.05, 0.1) is 3.79 Å².